The number of Topliss-reactive ketones (excluding diaryl/α,β-unsaturated/α-hetero) is 1. The zero-order valence-electron chi connectivity index (χ0n) is 9.69. The molecule has 17 heavy (non-hydrogen) atoms. The van der Waals surface area contributed by atoms with Crippen molar-refractivity contribution in [1.82, 2.24) is 0 Å². The van der Waals surface area contributed by atoms with Gasteiger partial charge in [0.1, 0.15) is 5.78 Å². The number of hydrogen-bond donors (Lipinski definition) is 0. The highest BCUT2D eigenvalue weighted by molar-refractivity contribution is 5.78. The van der Waals surface area contributed by atoms with Crippen LogP contribution in [0.1, 0.15) is 24.0 Å². The summed E-state index contributed by atoms with van der Waals surface area (Å²) < 4.78 is 39.3. The summed E-state index contributed by atoms with van der Waals surface area (Å²) in [5.41, 5.74) is 1.03. The number of carbonyl (C=O) groups is 1. The van der Waals surface area contributed by atoms with Crippen molar-refractivity contribution in [2.24, 2.45) is 0 Å². The minimum Gasteiger partial charge on any atom is -0.300 e. The Hall–Kier alpha value is -1.05. The third-order valence-corrected chi connectivity index (χ3v) is 1.55. The smallest absolute Gasteiger partial charge is 0.300 e. The molecule has 1 aromatic rings. The summed E-state index contributed by atoms with van der Waals surface area (Å²) >= 11 is 0. The van der Waals surface area contributed by atoms with Crippen LogP contribution in [0.5, 0.6) is 0 Å². The van der Waals surface area contributed by atoms with Crippen LogP contribution >= 0.6 is 0 Å². The monoisotopic (exact) mass is 264 g/mol. The van der Waals surface area contributed by atoms with E-state index in [-0.39, 0.29) is 5.78 Å². The predicted octanol–water partition coefficient (Wildman–Crippen LogP) is -2.45. The molecule has 1 rings (SSSR count). The highest BCUT2D eigenvalue weighted by atomic mass is 35.7. The van der Waals surface area contributed by atoms with E-state index in [0.717, 1.165) is 17.1 Å². The highest BCUT2D eigenvalue weighted by Gasteiger charge is 2.08. The molecular formula is C10H13ClO6. The van der Waals surface area contributed by atoms with Gasteiger partial charge in [0.05, 0.1) is 13.8 Å². The first-order chi connectivity index (χ1) is 7.58. The summed E-state index contributed by atoms with van der Waals surface area (Å²) in [6, 6.07) is 3.79. The van der Waals surface area contributed by atoms with Crippen LogP contribution in [0.25, 0.3) is 0 Å². The van der Waals surface area contributed by atoms with Crippen molar-refractivity contribution in [3.63, 3.8) is 0 Å². The third-order valence-electron chi connectivity index (χ3n) is 1.55. The fourth-order valence-corrected chi connectivity index (χ4v) is 1.27. The van der Waals surface area contributed by atoms with Crippen molar-refractivity contribution in [1.29, 1.82) is 0 Å². The van der Waals surface area contributed by atoms with Gasteiger partial charge in [-0.25, -0.2) is 23.1 Å². The molecule has 0 atom stereocenters. The van der Waals surface area contributed by atoms with E-state index in [1.807, 2.05) is 26.0 Å². The molecule has 0 fully saturated rings. The summed E-state index contributed by atoms with van der Waals surface area (Å²) in [7, 11) is -4.94. The van der Waals surface area contributed by atoms with Crippen LogP contribution in [0.4, 0.5) is 0 Å². The standard InChI is InChI=1S/C10H13O2.ClHO4/c1-7(11)4-10-5-8(2)12-9(3)6-10;2-1(3,4)5/h5-6H,4H2,1-3H3;(H,2,3,4,5)/q+1;/p-1. The van der Waals surface area contributed by atoms with E-state index in [2.05, 4.69) is 0 Å². The molecule has 0 saturated carbocycles. The van der Waals surface area contributed by atoms with Crippen molar-refractivity contribution >= 4 is 5.78 Å². The molecule has 0 amide bonds. The number of aryl methyl sites for hydroxylation is 2. The van der Waals surface area contributed by atoms with E-state index < -0.39 is 10.2 Å². The molecular weight excluding hydrogens is 252 g/mol. The van der Waals surface area contributed by atoms with Crippen LogP contribution < -0.4 is 18.6 Å². The van der Waals surface area contributed by atoms with Gasteiger partial charge in [-0.2, -0.15) is 0 Å². The lowest BCUT2D eigenvalue weighted by Crippen LogP contribution is -2.68. The van der Waals surface area contributed by atoms with Crippen molar-refractivity contribution in [2.75, 3.05) is 0 Å². The molecule has 0 radical (unpaired) electrons. The first-order valence-corrected chi connectivity index (χ1v) is 5.83. The van der Waals surface area contributed by atoms with Crippen LogP contribution in [0.3, 0.4) is 0 Å². The van der Waals surface area contributed by atoms with Gasteiger partial charge in [-0.1, -0.05) is 0 Å². The molecule has 0 N–H and O–H groups in total. The van der Waals surface area contributed by atoms with Crippen LogP contribution in [0.15, 0.2) is 16.5 Å². The lowest BCUT2D eigenvalue weighted by molar-refractivity contribution is -2.00. The molecule has 0 aliphatic heterocycles. The SMILES string of the molecule is CC(=O)Cc1cc(C)[o+]c(C)c1.[O-][Cl+3]([O-])([O-])[O-]. The second-order valence-corrected chi connectivity index (χ2v) is 4.20. The summed E-state index contributed by atoms with van der Waals surface area (Å²) in [5.74, 6) is 1.89. The molecule has 0 spiro atoms. The zero-order chi connectivity index (χ0) is 13.6. The molecule has 0 aliphatic carbocycles. The molecule has 0 unspecified atom stereocenters. The number of rotatable bonds is 2. The van der Waals surface area contributed by atoms with Crippen LogP contribution in [0, 0.1) is 24.1 Å². The summed E-state index contributed by atoms with van der Waals surface area (Å²) in [6.45, 7) is 5.36. The number of halogens is 1. The summed E-state index contributed by atoms with van der Waals surface area (Å²) in [4.78, 5) is 10.8. The predicted molar refractivity (Wildman–Crippen MR) is 47.0 cm³/mol. The normalized spacial score (nSPS) is 10.5. The van der Waals surface area contributed by atoms with Gasteiger partial charge in [0.25, 0.3) is 0 Å². The largest absolute Gasteiger partial charge is 0.326 e. The lowest BCUT2D eigenvalue weighted by Gasteiger charge is -2.17. The van der Waals surface area contributed by atoms with Gasteiger partial charge in [0.2, 0.25) is 0 Å². The van der Waals surface area contributed by atoms with Gasteiger partial charge < -0.3 is 0 Å². The maximum absolute atomic E-state index is 10.8. The quantitative estimate of drug-likeness (QED) is 0.547. The molecule has 96 valence electrons. The zero-order valence-corrected chi connectivity index (χ0v) is 10.4. The maximum Gasteiger partial charge on any atom is 0.326 e. The number of carbonyl (C=O) groups excluding carboxylic acids is 1. The third kappa shape index (κ3) is 11.2. The molecule has 6 nitrogen and oxygen atoms in total. The van der Waals surface area contributed by atoms with Gasteiger partial charge in [-0.3, -0.25) is 4.79 Å². The van der Waals surface area contributed by atoms with Gasteiger partial charge in [-0.15, -0.1) is 10.2 Å². The second kappa shape index (κ2) is 6.63. The van der Waals surface area contributed by atoms with Gasteiger partial charge in [0, 0.05) is 18.6 Å². The topological polar surface area (TPSA) is 121 Å². The minimum atomic E-state index is -4.94. The van der Waals surface area contributed by atoms with Crippen LogP contribution in [-0.4, -0.2) is 5.78 Å². The maximum atomic E-state index is 10.8. The van der Waals surface area contributed by atoms with E-state index in [1.54, 1.807) is 6.92 Å². The Morgan fingerprint density at radius 1 is 1.18 bits per heavy atom. The molecule has 1 aromatic heterocycles. The molecule has 0 aliphatic rings. The Bertz CT molecular complexity index is 359. The van der Waals surface area contributed by atoms with Gasteiger partial charge in [0.15, 0.2) is 0 Å². The lowest BCUT2D eigenvalue weighted by atomic mass is 10.1. The summed E-state index contributed by atoms with van der Waals surface area (Å²) in [5, 5.41) is 0. The van der Waals surface area contributed by atoms with E-state index >= 15 is 0 Å². The van der Waals surface area contributed by atoms with Crippen molar-refractivity contribution < 1.29 is 38.1 Å². The number of hydrogen-bond acceptors (Lipinski definition) is 5. The van der Waals surface area contributed by atoms with Crippen molar-refractivity contribution in [3.05, 3.63) is 29.2 Å². The molecule has 1 heterocycles. The average Bonchev–Trinajstić information content (AvgIpc) is 1.95. The van der Waals surface area contributed by atoms with E-state index in [0.29, 0.717) is 6.42 Å². The second-order valence-electron chi connectivity index (χ2n) is 3.44. The Balaban J connectivity index is 0.000000437. The summed E-state index contributed by atoms with van der Waals surface area (Å²) in [6.07, 6.45) is 0.498. The average molecular weight is 265 g/mol. The van der Waals surface area contributed by atoms with Crippen LogP contribution in [-0.2, 0) is 11.2 Å². The Morgan fingerprint density at radius 2 is 1.53 bits per heavy atom. The van der Waals surface area contributed by atoms with Crippen molar-refractivity contribution in [3.8, 4) is 0 Å². The Kier molecular flexibility index (Phi) is 6.22. The molecule has 0 bridgehead atoms. The first-order valence-electron chi connectivity index (χ1n) is 4.59. The van der Waals surface area contributed by atoms with E-state index in [1.165, 1.54) is 0 Å². The van der Waals surface area contributed by atoms with Crippen molar-refractivity contribution in [2.45, 2.75) is 27.2 Å². The van der Waals surface area contributed by atoms with E-state index in [4.69, 9.17) is 23.1 Å². The number of ketones is 1. The van der Waals surface area contributed by atoms with Crippen LogP contribution in [0.2, 0.25) is 0 Å². The van der Waals surface area contributed by atoms with Gasteiger partial charge >= 0.3 is 11.5 Å². The molecule has 7 heteroatoms. The fourth-order valence-electron chi connectivity index (χ4n) is 1.27. The first kappa shape index (κ1) is 16.0. The van der Waals surface area contributed by atoms with Gasteiger partial charge in [-0.05, 0) is 12.5 Å². The molecule has 0 saturated heterocycles. The Labute approximate surface area is 101 Å². The van der Waals surface area contributed by atoms with E-state index in [9.17, 15) is 4.79 Å². The Morgan fingerprint density at radius 3 is 1.82 bits per heavy atom. The molecule has 0 aromatic carbocycles. The highest BCUT2D eigenvalue weighted by Crippen LogP contribution is 2.09. The minimum absolute atomic E-state index is 0.181. The fraction of sp³-hybridized carbons (Fsp3) is 0.400.